The van der Waals surface area contributed by atoms with Crippen LogP contribution < -0.4 is 20.3 Å². The maximum atomic E-state index is 13.5. The van der Waals surface area contributed by atoms with E-state index < -0.39 is 11.8 Å². The van der Waals surface area contributed by atoms with Crippen molar-refractivity contribution in [3.8, 4) is 5.75 Å². The summed E-state index contributed by atoms with van der Waals surface area (Å²) in [6.45, 7) is 5.77. The standard InChI is InChI=1S/C27H25N3O4/c1-4-34-23-14-8-19(9-15-23)24-25(29-21-12-10-20(11-13-21)28-18(3)31)27(33)30(26(24)32)22-7-5-6-17(2)16-22/h5-16,29H,4H2,1-3H3,(H,28,31). The van der Waals surface area contributed by atoms with Crippen molar-refractivity contribution < 1.29 is 19.1 Å². The minimum atomic E-state index is -0.439. The molecular weight excluding hydrogens is 430 g/mol. The van der Waals surface area contributed by atoms with Gasteiger partial charge in [-0.1, -0.05) is 24.3 Å². The Labute approximate surface area is 198 Å². The normalized spacial score (nSPS) is 13.3. The van der Waals surface area contributed by atoms with Gasteiger partial charge in [-0.25, -0.2) is 4.90 Å². The summed E-state index contributed by atoms with van der Waals surface area (Å²) in [6, 6.07) is 21.3. The van der Waals surface area contributed by atoms with Crippen LogP contribution in [0.25, 0.3) is 5.57 Å². The second kappa shape index (κ2) is 9.62. The van der Waals surface area contributed by atoms with E-state index in [0.29, 0.717) is 35.0 Å². The first kappa shape index (κ1) is 22.8. The van der Waals surface area contributed by atoms with Gasteiger partial charge in [0.1, 0.15) is 11.4 Å². The SMILES string of the molecule is CCOc1ccc(C2=C(Nc3ccc(NC(C)=O)cc3)C(=O)N(c3cccc(C)c3)C2=O)cc1. The summed E-state index contributed by atoms with van der Waals surface area (Å²) < 4.78 is 5.51. The van der Waals surface area contributed by atoms with Crippen molar-refractivity contribution >= 4 is 40.4 Å². The first-order chi connectivity index (χ1) is 16.4. The molecule has 7 nitrogen and oxygen atoms in total. The quantitative estimate of drug-likeness (QED) is 0.502. The Kier molecular flexibility index (Phi) is 6.45. The predicted octanol–water partition coefficient (Wildman–Crippen LogP) is 4.75. The Morgan fingerprint density at radius 1 is 0.912 bits per heavy atom. The Hall–Kier alpha value is -4.39. The lowest BCUT2D eigenvalue weighted by Crippen LogP contribution is -2.32. The largest absolute Gasteiger partial charge is 0.494 e. The van der Waals surface area contributed by atoms with Gasteiger partial charge in [0.25, 0.3) is 11.8 Å². The van der Waals surface area contributed by atoms with E-state index in [1.54, 1.807) is 60.7 Å². The van der Waals surface area contributed by atoms with E-state index in [4.69, 9.17) is 4.74 Å². The number of benzene rings is 3. The molecule has 0 saturated heterocycles. The number of carbonyl (C=O) groups is 3. The molecule has 4 rings (SSSR count). The number of aryl methyl sites for hydroxylation is 1. The monoisotopic (exact) mass is 455 g/mol. The zero-order chi connectivity index (χ0) is 24.2. The Bertz CT molecular complexity index is 1280. The summed E-state index contributed by atoms with van der Waals surface area (Å²) >= 11 is 0. The lowest BCUT2D eigenvalue weighted by atomic mass is 10.0. The molecule has 0 bridgehead atoms. The lowest BCUT2D eigenvalue weighted by molar-refractivity contribution is -0.120. The number of amides is 3. The fourth-order valence-electron chi connectivity index (χ4n) is 3.78. The van der Waals surface area contributed by atoms with E-state index in [0.717, 1.165) is 5.56 Å². The summed E-state index contributed by atoms with van der Waals surface area (Å²) in [6.07, 6.45) is 0. The lowest BCUT2D eigenvalue weighted by Gasteiger charge is -2.16. The van der Waals surface area contributed by atoms with E-state index >= 15 is 0 Å². The number of ether oxygens (including phenoxy) is 1. The molecule has 0 radical (unpaired) electrons. The van der Waals surface area contributed by atoms with Crippen LogP contribution in [0, 0.1) is 6.92 Å². The highest BCUT2D eigenvalue weighted by Crippen LogP contribution is 2.34. The van der Waals surface area contributed by atoms with Gasteiger partial charge >= 0.3 is 0 Å². The molecule has 1 heterocycles. The van der Waals surface area contributed by atoms with Crippen LogP contribution in [0.2, 0.25) is 0 Å². The Balaban J connectivity index is 1.74. The Morgan fingerprint density at radius 3 is 2.21 bits per heavy atom. The first-order valence-corrected chi connectivity index (χ1v) is 10.9. The fraction of sp³-hybridized carbons (Fsp3) is 0.148. The highest BCUT2D eigenvalue weighted by molar-refractivity contribution is 6.46. The van der Waals surface area contributed by atoms with Gasteiger partial charge < -0.3 is 15.4 Å². The summed E-state index contributed by atoms with van der Waals surface area (Å²) in [5, 5.41) is 5.83. The average molecular weight is 456 g/mol. The minimum Gasteiger partial charge on any atom is -0.494 e. The van der Waals surface area contributed by atoms with E-state index in [1.807, 2.05) is 26.0 Å². The predicted molar refractivity (Wildman–Crippen MR) is 133 cm³/mol. The van der Waals surface area contributed by atoms with Crippen LogP contribution >= 0.6 is 0 Å². The number of rotatable bonds is 7. The molecule has 0 spiro atoms. The molecule has 7 heteroatoms. The number of imide groups is 1. The number of nitrogens with one attached hydrogen (secondary N) is 2. The molecule has 1 aliphatic heterocycles. The molecule has 0 aromatic heterocycles. The number of carbonyl (C=O) groups excluding carboxylic acids is 3. The third kappa shape index (κ3) is 4.68. The molecule has 0 fully saturated rings. The van der Waals surface area contributed by atoms with Gasteiger partial charge in [0, 0.05) is 18.3 Å². The van der Waals surface area contributed by atoms with E-state index in [1.165, 1.54) is 11.8 Å². The number of hydrogen-bond acceptors (Lipinski definition) is 5. The van der Waals surface area contributed by atoms with Crippen LogP contribution in [0.1, 0.15) is 25.0 Å². The highest BCUT2D eigenvalue weighted by atomic mass is 16.5. The van der Waals surface area contributed by atoms with Gasteiger partial charge in [0.2, 0.25) is 5.91 Å². The van der Waals surface area contributed by atoms with E-state index in [2.05, 4.69) is 10.6 Å². The van der Waals surface area contributed by atoms with Gasteiger partial charge in [0.05, 0.1) is 17.9 Å². The van der Waals surface area contributed by atoms with E-state index in [9.17, 15) is 14.4 Å². The second-order valence-corrected chi connectivity index (χ2v) is 7.88. The van der Waals surface area contributed by atoms with Crippen molar-refractivity contribution in [2.45, 2.75) is 20.8 Å². The molecule has 3 amide bonds. The van der Waals surface area contributed by atoms with Crippen molar-refractivity contribution in [1.29, 1.82) is 0 Å². The maximum absolute atomic E-state index is 13.5. The number of anilines is 3. The van der Waals surface area contributed by atoms with Crippen LogP contribution in [0.5, 0.6) is 5.75 Å². The van der Waals surface area contributed by atoms with Crippen molar-refractivity contribution in [2.24, 2.45) is 0 Å². The van der Waals surface area contributed by atoms with Crippen LogP contribution in [0.4, 0.5) is 17.1 Å². The van der Waals surface area contributed by atoms with Crippen LogP contribution in [-0.2, 0) is 14.4 Å². The number of hydrogen-bond donors (Lipinski definition) is 2. The fourth-order valence-corrected chi connectivity index (χ4v) is 3.78. The molecular formula is C27H25N3O4. The molecule has 0 atom stereocenters. The van der Waals surface area contributed by atoms with Crippen molar-refractivity contribution in [2.75, 3.05) is 22.1 Å². The summed E-state index contributed by atoms with van der Waals surface area (Å²) in [7, 11) is 0. The Morgan fingerprint density at radius 2 is 1.59 bits per heavy atom. The van der Waals surface area contributed by atoms with Crippen LogP contribution in [0.15, 0.2) is 78.5 Å². The highest BCUT2D eigenvalue weighted by Gasteiger charge is 2.40. The summed E-state index contributed by atoms with van der Waals surface area (Å²) in [5.41, 5.74) is 3.76. The smallest absolute Gasteiger partial charge is 0.282 e. The summed E-state index contributed by atoms with van der Waals surface area (Å²) in [4.78, 5) is 39.5. The van der Waals surface area contributed by atoms with Gasteiger partial charge in [-0.05, 0) is 73.5 Å². The van der Waals surface area contributed by atoms with Crippen molar-refractivity contribution in [3.63, 3.8) is 0 Å². The molecule has 172 valence electrons. The minimum absolute atomic E-state index is 0.174. The molecule has 0 aliphatic carbocycles. The topological polar surface area (TPSA) is 87.7 Å². The van der Waals surface area contributed by atoms with Crippen LogP contribution in [0.3, 0.4) is 0 Å². The van der Waals surface area contributed by atoms with Crippen LogP contribution in [-0.4, -0.2) is 24.3 Å². The molecule has 2 N–H and O–H groups in total. The molecule has 3 aromatic carbocycles. The zero-order valence-corrected chi connectivity index (χ0v) is 19.2. The third-order valence-corrected chi connectivity index (χ3v) is 5.27. The molecule has 0 saturated carbocycles. The van der Waals surface area contributed by atoms with Gasteiger partial charge in [-0.3, -0.25) is 14.4 Å². The molecule has 3 aromatic rings. The van der Waals surface area contributed by atoms with Crippen molar-refractivity contribution in [3.05, 3.63) is 89.6 Å². The third-order valence-electron chi connectivity index (χ3n) is 5.27. The van der Waals surface area contributed by atoms with Crippen molar-refractivity contribution in [1.82, 2.24) is 0 Å². The molecule has 1 aliphatic rings. The van der Waals surface area contributed by atoms with Gasteiger partial charge in [-0.2, -0.15) is 0 Å². The number of nitrogens with zero attached hydrogens (tertiary/aromatic N) is 1. The average Bonchev–Trinajstić information content (AvgIpc) is 3.05. The summed E-state index contributed by atoms with van der Waals surface area (Å²) in [5.74, 6) is -0.337. The van der Waals surface area contributed by atoms with Gasteiger partial charge in [0.15, 0.2) is 0 Å². The second-order valence-electron chi connectivity index (χ2n) is 7.88. The maximum Gasteiger partial charge on any atom is 0.282 e. The van der Waals surface area contributed by atoms with E-state index in [-0.39, 0.29) is 17.2 Å². The first-order valence-electron chi connectivity index (χ1n) is 10.9. The van der Waals surface area contributed by atoms with Gasteiger partial charge in [-0.15, -0.1) is 0 Å². The zero-order valence-electron chi connectivity index (χ0n) is 19.2. The molecule has 34 heavy (non-hydrogen) atoms. The molecule has 0 unspecified atom stereocenters.